The second-order valence-corrected chi connectivity index (χ2v) is 9.53. The molecule has 0 atom stereocenters. The van der Waals surface area contributed by atoms with Crippen LogP contribution in [0.3, 0.4) is 0 Å². The Morgan fingerprint density at radius 3 is 2.25 bits per heavy atom. The molecule has 4 aromatic rings. The van der Waals surface area contributed by atoms with Crippen molar-refractivity contribution in [2.75, 3.05) is 0 Å². The van der Waals surface area contributed by atoms with Crippen LogP contribution in [0.2, 0.25) is 0 Å². The minimum Gasteiger partial charge on any atom is -0.268 e. The highest BCUT2D eigenvalue weighted by atomic mass is 32.2. The summed E-state index contributed by atoms with van der Waals surface area (Å²) >= 11 is 2.69. The normalized spacial score (nSPS) is 15.1. The van der Waals surface area contributed by atoms with E-state index in [1.807, 2.05) is 84.9 Å². The van der Waals surface area contributed by atoms with Gasteiger partial charge < -0.3 is 0 Å². The molecule has 32 heavy (non-hydrogen) atoms. The van der Waals surface area contributed by atoms with Crippen LogP contribution in [0.25, 0.3) is 16.8 Å². The van der Waals surface area contributed by atoms with Gasteiger partial charge in [-0.25, -0.2) is 0 Å². The second-order valence-electron chi connectivity index (χ2n) is 7.39. The molecule has 5 heteroatoms. The van der Waals surface area contributed by atoms with Crippen molar-refractivity contribution in [3.63, 3.8) is 0 Å². The molecule has 4 aromatic carbocycles. The minimum absolute atomic E-state index is 0.231. The molecule has 1 fully saturated rings. The zero-order chi connectivity index (χ0) is 21.9. The number of benzene rings is 4. The van der Waals surface area contributed by atoms with E-state index in [0.717, 1.165) is 38.6 Å². The summed E-state index contributed by atoms with van der Waals surface area (Å²) in [4.78, 5) is 29.7. The van der Waals surface area contributed by atoms with Gasteiger partial charge in [0.15, 0.2) is 0 Å². The average Bonchev–Trinajstić information content (AvgIpc) is 3.08. The first-order chi connectivity index (χ1) is 15.7. The van der Waals surface area contributed by atoms with Crippen molar-refractivity contribution in [1.29, 1.82) is 0 Å². The molecule has 1 aliphatic rings. The Labute approximate surface area is 195 Å². The lowest BCUT2D eigenvalue weighted by molar-refractivity contribution is -0.123. The van der Waals surface area contributed by atoms with Gasteiger partial charge in [0.2, 0.25) is 0 Å². The Morgan fingerprint density at radius 2 is 1.44 bits per heavy atom. The highest BCUT2D eigenvalue weighted by Crippen LogP contribution is 2.35. The molecule has 0 radical (unpaired) electrons. The Bertz CT molecular complexity index is 1330. The maximum atomic E-state index is 13.0. The Morgan fingerprint density at radius 1 is 0.750 bits per heavy atom. The van der Waals surface area contributed by atoms with Gasteiger partial charge in [-0.2, -0.15) is 0 Å². The van der Waals surface area contributed by atoms with E-state index in [0.29, 0.717) is 4.91 Å². The standard InChI is InChI=1S/C27H19NO2S2/c29-26-25(17-19-13-15-23(16-14-19)31-22-10-2-1-3-11-22)32-27(30)28(26)18-21-9-6-8-20-7-4-5-12-24(20)21/h1-17H,18H2/b25-17+. The van der Waals surface area contributed by atoms with Gasteiger partial charge in [0.05, 0.1) is 11.4 Å². The Balaban J connectivity index is 1.33. The van der Waals surface area contributed by atoms with Crippen LogP contribution in [0.1, 0.15) is 11.1 Å². The predicted molar refractivity (Wildman–Crippen MR) is 132 cm³/mol. The topological polar surface area (TPSA) is 37.4 Å². The van der Waals surface area contributed by atoms with E-state index in [9.17, 15) is 9.59 Å². The third-order valence-electron chi connectivity index (χ3n) is 5.24. The van der Waals surface area contributed by atoms with E-state index in [4.69, 9.17) is 0 Å². The van der Waals surface area contributed by atoms with Crippen LogP contribution in [0.4, 0.5) is 4.79 Å². The van der Waals surface area contributed by atoms with Crippen molar-refractivity contribution in [3.8, 4) is 0 Å². The van der Waals surface area contributed by atoms with Crippen molar-refractivity contribution < 1.29 is 9.59 Å². The van der Waals surface area contributed by atoms with Crippen molar-refractivity contribution in [2.45, 2.75) is 16.3 Å². The number of nitrogens with zero attached hydrogens (tertiary/aromatic N) is 1. The molecule has 0 N–H and O–H groups in total. The summed E-state index contributed by atoms with van der Waals surface area (Å²) in [5, 5.41) is 1.93. The number of hydrogen-bond acceptors (Lipinski definition) is 4. The first-order valence-electron chi connectivity index (χ1n) is 10.2. The van der Waals surface area contributed by atoms with Gasteiger partial charge in [-0.1, -0.05) is 84.6 Å². The summed E-state index contributed by atoms with van der Waals surface area (Å²) in [6.45, 7) is 0.274. The summed E-state index contributed by atoms with van der Waals surface area (Å²) < 4.78 is 0. The third kappa shape index (κ3) is 4.35. The molecule has 0 aliphatic carbocycles. The minimum atomic E-state index is -0.240. The smallest absolute Gasteiger partial charge is 0.268 e. The van der Waals surface area contributed by atoms with Crippen LogP contribution in [0, 0.1) is 0 Å². The van der Waals surface area contributed by atoms with Crippen molar-refractivity contribution in [1.82, 2.24) is 4.90 Å². The van der Waals surface area contributed by atoms with Crippen LogP contribution in [0.15, 0.2) is 112 Å². The lowest BCUT2D eigenvalue weighted by Crippen LogP contribution is -2.27. The zero-order valence-electron chi connectivity index (χ0n) is 17.1. The van der Waals surface area contributed by atoms with Crippen molar-refractivity contribution >= 4 is 51.5 Å². The van der Waals surface area contributed by atoms with Crippen molar-refractivity contribution in [3.05, 3.63) is 113 Å². The van der Waals surface area contributed by atoms with Gasteiger partial charge in [0.1, 0.15) is 0 Å². The lowest BCUT2D eigenvalue weighted by atomic mass is 10.0. The number of fused-ring (bicyclic) bond motifs is 1. The van der Waals surface area contributed by atoms with E-state index in [-0.39, 0.29) is 17.7 Å². The Hall–Kier alpha value is -3.28. The summed E-state index contributed by atoms with van der Waals surface area (Å²) in [7, 11) is 0. The number of hydrogen-bond donors (Lipinski definition) is 0. The van der Waals surface area contributed by atoms with Gasteiger partial charge in [-0.05, 0) is 64.0 Å². The van der Waals surface area contributed by atoms with Crippen LogP contribution in [0.5, 0.6) is 0 Å². The number of amides is 2. The van der Waals surface area contributed by atoms with Gasteiger partial charge in [0.25, 0.3) is 11.1 Å². The van der Waals surface area contributed by atoms with Crippen molar-refractivity contribution in [2.24, 2.45) is 0 Å². The highest BCUT2D eigenvalue weighted by molar-refractivity contribution is 8.18. The van der Waals surface area contributed by atoms with E-state index in [1.54, 1.807) is 17.8 Å². The molecule has 0 spiro atoms. The fourth-order valence-corrected chi connectivity index (χ4v) is 5.32. The molecule has 0 unspecified atom stereocenters. The molecule has 0 aromatic heterocycles. The first kappa shape index (κ1) is 20.6. The summed E-state index contributed by atoms with van der Waals surface area (Å²) in [5.74, 6) is -0.240. The highest BCUT2D eigenvalue weighted by Gasteiger charge is 2.35. The largest absolute Gasteiger partial charge is 0.293 e. The fourth-order valence-electron chi connectivity index (χ4n) is 3.65. The van der Waals surface area contributed by atoms with Gasteiger partial charge in [-0.3, -0.25) is 14.5 Å². The zero-order valence-corrected chi connectivity index (χ0v) is 18.7. The molecule has 156 valence electrons. The second kappa shape index (κ2) is 9.07. The maximum absolute atomic E-state index is 13.0. The molecule has 1 saturated heterocycles. The Kier molecular flexibility index (Phi) is 5.84. The average molecular weight is 454 g/mol. The molecule has 3 nitrogen and oxygen atoms in total. The number of rotatable bonds is 5. The molecule has 1 aliphatic heterocycles. The number of imide groups is 1. The van der Waals surface area contributed by atoms with E-state index >= 15 is 0 Å². The van der Waals surface area contributed by atoms with E-state index in [1.165, 1.54) is 9.80 Å². The van der Waals surface area contributed by atoms with Gasteiger partial charge in [-0.15, -0.1) is 0 Å². The summed E-state index contributed by atoms with van der Waals surface area (Å²) in [6, 6.07) is 32.2. The molecular formula is C27H19NO2S2. The molecule has 0 saturated carbocycles. The van der Waals surface area contributed by atoms with E-state index < -0.39 is 0 Å². The molecule has 5 rings (SSSR count). The maximum Gasteiger partial charge on any atom is 0.293 e. The van der Waals surface area contributed by atoms with Crippen LogP contribution in [-0.4, -0.2) is 16.0 Å². The first-order valence-corrected chi connectivity index (χ1v) is 11.9. The van der Waals surface area contributed by atoms with Crippen LogP contribution in [-0.2, 0) is 11.3 Å². The molecule has 1 heterocycles. The molecule has 0 bridgehead atoms. The summed E-state index contributed by atoms with van der Waals surface area (Å²) in [6.07, 6.45) is 1.80. The fraction of sp³-hybridized carbons (Fsp3) is 0.0370. The number of carbonyl (C=O) groups is 2. The third-order valence-corrected chi connectivity index (χ3v) is 7.16. The van der Waals surface area contributed by atoms with Crippen LogP contribution < -0.4 is 0 Å². The molecular weight excluding hydrogens is 434 g/mol. The SMILES string of the molecule is O=C1S/C(=C/c2ccc(Sc3ccccc3)cc2)C(=O)N1Cc1cccc2ccccc12. The summed E-state index contributed by atoms with van der Waals surface area (Å²) in [5.41, 5.74) is 1.87. The van der Waals surface area contributed by atoms with Crippen LogP contribution >= 0.6 is 23.5 Å². The quantitative estimate of drug-likeness (QED) is 0.299. The predicted octanol–water partition coefficient (Wildman–Crippen LogP) is 7.23. The van der Waals surface area contributed by atoms with Gasteiger partial charge >= 0.3 is 0 Å². The molecule has 2 amide bonds. The number of carbonyl (C=O) groups excluding carboxylic acids is 2. The lowest BCUT2D eigenvalue weighted by Gasteiger charge is -2.14. The van der Waals surface area contributed by atoms with E-state index in [2.05, 4.69) is 12.1 Å². The van der Waals surface area contributed by atoms with Gasteiger partial charge in [0, 0.05) is 9.79 Å². The number of thioether (sulfide) groups is 1. The monoisotopic (exact) mass is 453 g/mol.